The highest BCUT2D eigenvalue weighted by Gasteiger charge is 2.31. The number of carboxylic acids is 1. The number of aliphatic carboxylic acids is 1. The van der Waals surface area contributed by atoms with Crippen LogP contribution in [0.25, 0.3) is 0 Å². The van der Waals surface area contributed by atoms with Crippen LogP contribution in [-0.2, 0) is 14.3 Å². The largest absolute Gasteiger partial charge is 0.479 e. The van der Waals surface area contributed by atoms with Gasteiger partial charge in [-0.3, -0.25) is 4.79 Å². The average Bonchev–Trinajstić information content (AvgIpc) is 2.36. The number of hydrogen-bond donors (Lipinski definition) is 2. The second-order valence-corrected chi connectivity index (χ2v) is 4.37. The molecule has 0 saturated carbocycles. The molecule has 0 spiro atoms. The van der Waals surface area contributed by atoms with Crippen LogP contribution in [0.15, 0.2) is 30.3 Å². The summed E-state index contributed by atoms with van der Waals surface area (Å²) in [6, 6.07) is 7.45. The number of amides is 1. The number of methoxy groups -OCH3 is 1. The van der Waals surface area contributed by atoms with E-state index in [1.165, 1.54) is 7.11 Å². The summed E-state index contributed by atoms with van der Waals surface area (Å²) in [7, 11) is 1.40. The molecule has 0 aliphatic heterocycles. The van der Waals surface area contributed by atoms with Gasteiger partial charge in [0.05, 0.1) is 0 Å². The number of carboxylic acid groups (broad SMARTS) is 1. The van der Waals surface area contributed by atoms with E-state index in [0.717, 1.165) is 0 Å². The lowest BCUT2D eigenvalue weighted by Gasteiger charge is -2.24. The van der Waals surface area contributed by atoms with Gasteiger partial charge >= 0.3 is 5.97 Å². The Morgan fingerprint density at radius 3 is 2.28 bits per heavy atom. The first-order chi connectivity index (χ1) is 8.38. The molecular formula is C13H17NO4. The summed E-state index contributed by atoms with van der Waals surface area (Å²) >= 11 is 0. The molecule has 1 rings (SSSR count). The Morgan fingerprint density at radius 1 is 1.28 bits per heavy atom. The van der Waals surface area contributed by atoms with Crippen LogP contribution >= 0.6 is 0 Å². The summed E-state index contributed by atoms with van der Waals surface area (Å²) in [6.45, 7) is 3.15. The zero-order valence-corrected chi connectivity index (χ0v) is 10.6. The highest BCUT2D eigenvalue weighted by Crippen LogP contribution is 2.15. The fourth-order valence-electron chi connectivity index (χ4n) is 1.33. The van der Waals surface area contributed by atoms with Gasteiger partial charge in [-0.2, -0.15) is 0 Å². The normalized spacial score (nSPS) is 12.8. The van der Waals surface area contributed by atoms with E-state index in [-0.39, 0.29) is 0 Å². The minimum Gasteiger partial charge on any atom is -0.479 e. The number of hydrogen-bond acceptors (Lipinski definition) is 3. The van der Waals surface area contributed by atoms with Crippen molar-refractivity contribution < 1.29 is 19.4 Å². The molecular weight excluding hydrogens is 234 g/mol. The zero-order valence-electron chi connectivity index (χ0n) is 10.6. The van der Waals surface area contributed by atoms with Gasteiger partial charge in [0, 0.05) is 7.11 Å². The van der Waals surface area contributed by atoms with E-state index in [1.807, 2.05) is 0 Å². The number of carbonyl (C=O) groups is 2. The molecule has 0 aromatic heterocycles. The molecule has 98 valence electrons. The number of ether oxygens (including phenoxy) is 1. The van der Waals surface area contributed by atoms with Crippen LogP contribution in [0.4, 0.5) is 0 Å². The molecule has 0 aliphatic rings. The lowest BCUT2D eigenvalue weighted by molar-refractivity contribution is -0.147. The summed E-state index contributed by atoms with van der Waals surface area (Å²) in [4.78, 5) is 23.1. The van der Waals surface area contributed by atoms with Crippen molar-refractivity contribution >= 4 is 11.9 Å². The van der Waals surface area contributed by atoms with E-state index < -0.39 is 23.5 Å². The summed E-state index contributed by atoms with van der Waals surface area (Å²) in [6.07, 6.45) is 0. The minimum atomic E-state index is -1.11. The van der Waals surface area contributed by atoms with Gasteiger partial charge in [0.25, 0.3) is 5.91 Å². The summed E-state index contributed by atoms with van der Waals surface area (Å²) < 4.78 is 5.01. The molecule has 0 unspecified atom stereocenters. The van der Waals surface area contributed by atoms with Crippen molar-refractivity contribution in [3.05, 3.63) is 35.9 Å². The lowest BCUT2D eigenvalue weighted by Crippen LogP contribution is -2.46. The van der Waals surface area contributed by atoms with Crippen LogP contribution < -0.4 is 5.32 Å². The van der Waals surface area contributed by atoms with Crippen LogP contribution in [-0.4, -0.2) is 29.7 Å². The van der Waals surface area contributed by atoms with Gasteiger partial charge in [0.2, 0.25) is 0 Å². The number of carbonyl (C=O) groups excluding carboxylic acids is 1. The predicted molar refractivity (Wildman–Crippen MR) is 66.0 cm³/mol. The predicted octanol–water partition coefficient (Wildman–Crippen LogP) is 1.35. The Morgan fingerprint density at radius 2 is 1.83 bits per heavy atom. The number of rotatable bonds is 5. The standard InChI is InChI=1S/C13H17NO4/c1-13(2,18-3)12(17)14-10(11(15)16)9-7-5-4-6-8-9/h4-8,10H,1-3H3,(H,14,17)(H,15,16)/t10-/m0/s1. The maximum atomic E-state index is 11.9. The van der Waals surface area contributed by atoms with Crippen LogP contribution in [0, 0.1) is 0 Å². The van der Waals surface area contributed by atoms with Gasteiger partial charge < -0.3 is 15.2 Å². The molecule has 0 aliphatic carbocycles. The van der Waals surface area contributed by atoms with E-state index in [9.17, 15) is 9.59 Å². The summed E-state index contributed by atoms with van der Waals surface area (Å²) in [5.74, 6) is -1.58. The van der Waals surface area contributed by atoms with Crippen molar-refractivity contribution in [2.75, 3.05) is 7.11 Å². The molecule has 1 aromatic rings. The lowest BCUT2D eigenvalue weighted by atomic mass is 10.0. The zero-order chi connectivity index (χ0) is 13.8. The van der Waals surface area contributed by atoms with E-state index in [1.54, 1.807) is 44.2 Å². The quantitative estimate of drug-likeness (QED) is 0.828. The Labute approximate surface area is 106 Å². The Bertz CT molecular complexity index is 428. The van der Waals surface area contributed by atoms with E-state index in [0.29, 0.717) is 5.56 Å². The third-order valence-electron chi connectivity index (χ3n) is 2.71. The maximum absolute atomic E-state index is 11.9. The van der Waals surface area contributed by atoms with E-state index in [4.69, 9.17) is 9.84 Å². The van der Waals surface area contributed by atoms with Crippen LogP contribution in [0.5, 0.6) is 0 Å². The van der Waals surface area contributed by atoms with E-state index >= 15 is 0 Å². The molecule has 2 N–H and O–H groups in total. The van der Waals surface area contributed by atoms with Gasteiger partial charge in [-0.05, 0) is 19.4 Å². The van der Waals surface area contributed by atoms with Gasteiger partial charge in [0.15, 0.2) is 6.04 Å². The first-order valence-corrected chi connectivity index (χ1v) is 5.52. The summed E-state index contributed by atoms with van der Waals surface area (Å²) in [5, 5.41) is 11.6. The van der Waals surface area contributed by atoms with Gasteiger partial charge in [-0.25, -0.2) is 4.79 Å². The molecule has 0 heterocycles. The SMILES string of the molecule is COC(C)(C)C(=O)N[C@H](C(=O)O)c1ccccc1. The van der Waals surface area contributed by atoms with Crippen LogP contribution in [0.1, 0.15) is 25.5 Å². The van der Waals surface area contributed by atoms with Crippen LogP contribution in [0.2, 0.25) is 0 Å². The Balaban J connectivity index is 2.90. The van der Waals surface area contributed by atoms with Crippen LogP contribution in [0.3, 0.4) is 0 Å². The van der Waals surface area contributed by atoms with Gasteiger partial charge in [-0.1, -0.05) is 30.3 Å². The first kappa shape index (κ1) is 14.2. The molecule has 0 radical (unpaired) electrons. The Hall–Kier alpha value is -1.88. The van der Waals surface area contributed by atoms with Crippen molar-refractivity contribution in [3.63, 3.8) is 0 Å². The molecule has 1 amide bonds. The Kier molecular flexibility index (Phi) is 4.44. The van der Waals surface area contributed by atoms with Gasteiger partial charge in [-0.15, -0.1) is 0 Å². The average molecular weight is 251 g/mol. The van der Waals surface area contributed by atoms with E-state index in [2.05, 4.69) is 5.32 Å². The van der Waals surface area contributed by atoms with Crippen molar-refractivity contribution in [2.24, 2.45) is 0 Å². The van der Waals surface area contributed by atoms with Crippen molar-refractivity contribution in [1.29, 1.82) is 0 Å². The molecule has 5 heteroatoms. The fourth-order valence-corrected chi connectivity index (χ4v) is 1.33. The monoisotopic (exact) mass is 251 g/mol. The second kappa shape index (κ2) is 5.64. The molecule has 0 bridgehead atoms. The number of benzene rings is 1. The molecule has 1 atom stereocenters. The van der Waals surface area contributed by atoms with Gasteiger partial charge in [0.1, 0.15) is 5.60 Å². The molecule has 5 nitrogen and oxygen atoms in total. The highest BCUT2D eigenvalue weighted by atomic mass is 16.5. The molecule has 0 fully saturated rings. The maximum Gasteiger partial charge on any atom is 0.330 e. The smallest absolute Gasteiger partial charge is 0.330 e. The summed E-state index contributed by atoms with van der Waals surface area (Å²) in [5.41, 5.74) is -0.548. The number of nitrogens with one attached hydrogen (secondary N) is 1. The van der Waals surface area contributed by atoms with Crippen molar-refractivity contribution in [2.45, 2.75) is 25.5 Å². The fraction of sp³-hybridized carbons (Fsp3) is 0.385. The topological polar surface area (TPSA) is 75.6 Å². The molecule has 1 aromatic carbocycles. The highest BCUT2D eigenvalue weighted by molar-refractivity contribution is 5.89. The molecule has 0 saturated heterocycles. The van der Waals surface area contributed by atoms with Crippen molar-refractivity contribution in [1.82, 2.24) is 5.32 Å². The minimum absolute atomic E-state index is 0.471. The third kappa shape index (κ3) is 3.30. The first-order valence-electron chi connectivity index (χ1n) is 5.52. The van der Waals surface area contributed by atoms with Crippen molar-refractivity contribution in [3.8, 4) is 0 Å². The second-order valence-electron chi connectivity index (χ2n) is 4.37. The molecule has 18 heavy (non-hydrogen) atoms. The third-order valence-corrected chi connectivity index (χ3v) is 2.71.